The van der Waals surface area contributed by atoms with E-state index in [1.165, 1.54) is 16.8 Å². The van der Waals surface area contributed by atoms with Crippen LogP contribution in [-0.2, 0) is 16.7 Å². The minimum atomic E-state index is -0.365. The molecule has 1 amide bonds. The molecule has 1 aliphatic heterocycles. The first-order valence-electron chi connectivity index (χ1n) is 11.7. The number of nitrogens with zero attached hydrogens (tertiary/aromatic N) is 2. The van der Waals surface area contributed by atoms with Crippen molar-refractivity contribution < 1.29 is 13.9 Å². The highest BCUT2D eigenvalue weighted by atomic mass is 19.1. The second kappa shape index (κ2) is 9.80. The summed E-state index contributed by atoms with van der Waals surface area (Å²) in [4.78, 5) is 26.6. The van der Waals surface area contributed by atoms with Gasteiger partial charge >= 0.3 is 0 Å². The normalized spacial score (nSPS) is 15.1. The van der Waals surface area contributed by atoms with Gasteiger partial charge in [-0.05, 0) is 42.2 Å². The first kappa shape index (κ1) is 22.9. The molecule has 3 aromatic carbocycles. The molecule has 0 spiro atoms. The Bertz CT molecular complexity index is 1390. The third kappa shape index (κ3) is 4.72. The number of hydrogen-bond acceptors (Lipinski definition) is 4. The van der Waals surface area contributed by atoms with Crippen molar-refractivity contribution in [3.63, 3.8) is 0 Å². The van der Waals surface area contributed by atoms with Crippen molar-refractivity contribution in [2.24, 2.45) is 0 Å². The quantitative estimate of drug-likeness (QED) is 0.460. The van der Waals surface area contributed by atoms with Crippen LogP contribution in [0.5, 0.6) is 0 Å². The topological polar surface area (TPSA) is 73.2 Å². The second-order valence-electron chi connectivity index (χ2n) is 8.92. The van der Waals surface area contributed by atoms with Gasteiger partial charge in [0.2, 0.25) is 0 Å². The number of aromatic nitrogens is 2. The van der Waals surface area contributed by atoms with Gasteiger partial charge in [-0.2, -0.15) is 5.10 Å². The van der Waals surface area contributed by atoms with Crippen LogP contribution in [0, 0.1) is 5.82 Å². The summed E-state index contributed by atoms with van der Waals surface area (Å²) in [5.74, 6) is -0.646. The van der Waals surface area contributed by atoms with E-state index in [4.69, 9.17) is 4.74 Å². The molecule has 0 bridgehead atoms. The molecular formula is C28H26FN3O3. The molecule has 1 aromatic heterocycles. The fraction of sp³-hybridized carbons (Fsp3) is 0.250. The molecule has 4 aromatic rings. The Morgan fingerprint density at radius 3 is 2.31 bits per heavy atom. The van der Waals surface area contributed by atoms with Crippen molar-refractivity contribution in [3.05, 3.63) is 112 Å². The van der Waals surface area contributed by atoms with Gasteiger partial charge in [-0.1, -0.05) is 60.7 Å². The molecule has 2 heterocycles. The number of nitrogens with one attached hydrogen (secondary N) is 1. The molecule has 0 radical (unpaired) electrons. The Hall–Kier alpha value is -3.84. The van der Waals surface area contributed by atoms with E-state index >= 15 is 0 Å². The first-order chi connectivity index (χ1) is 17.1. The highest BCUT2D eigenvalue weighted by Gasteiger charge is 2.35. The molecule has 0 atom stereocenters. The minimum Gasteiger partial charge on any atom is -0.381 e. The van der Waals surface area contributed by atoms with E-state index in [-0.39, 0.29) is 34.9 Å². The van der Waals surface area contributed by atoms with Crippen molar-refractivity contribution >= 4 is 16.7 Å². The van der Waals surface area contributed by atoms with E-state index in [0.717, 1.165) is 11.1 Å². The zero-order chi connectivity index (χ0) is 24.3. The fourth-order valence-corrected chi connectivity index (χ4v) is 4.73. The predicted octanol–water partition coefficient (Wildman–Crippen LogP) is 4.06. The van der Waals surface area contributed by atoms with Crippen LogP contribution in [0.4, 0.5) is 4.39 Å². The number of hydrogen-bond donors (Lipinski definition) is 1. The van der Waals surface area contributed by atoms with Gasteiger partial charge in [0.1, 0.15) is 5.82 Å². The zero-order valence-electron chi connectivity index (χ0n) is 19.2. The van der Waals surface area contributed by atoms with Crippen molar-refractivity contribution in [2.75, 3.05) is 19.8 Å². The van der Waals surface area contributed by atoms with Crippen LogP contribution in [0.2, 0.25) is 0 Å². The second-order valence-corrected chi connectivity index (χ2v) is 8.92. The average molecular weight is 472 g/mol. The summed E-state index contributed by atoms with van der Waals surface area (Å²) in [5, 5.41) is 8.51. The number of halogens is 1. The molecule has 35 heavy (non-hydrogen) atoms. The molecule has 7 heteroatoms. The van der Waals surface area contributed by atoms with Gasteiger partial charge in [-0.3, -0.25) is 9.59 Å². The van der Waals surface area contributed by atoms with Crippen LogP contribution in [0.3, 0.4) is 0 Å². The minimum absolute atomic E-state index is 0.206. The van der Waals surface area contributed by atoms with Crippen molar-refractivity contribution in [2.45, 2.75) is 24.8 Å². The SMILES string of the molecule is O=C(NCC1(c2ccc(F)cc2)CCOCC1)c1nn(Cc2ccccc2)c(=O)c2ccccc12. The molecule has 5 rings (SSSR count). The molecule has 0 unspecified atom stereocenters. The van der Waals surface area contributed by atoms with E-state index in [1.54, 1.807) is 36.4 Å². The maximum Gasteiger partial charge on any atom is 0.274 e. The van der Waals surface area contributed by atoms with Gasteiger partial charge < -0.3 is 10.1 Å². The number of fused-ring (bicyclic) bond motifs is 1. The fourth-order valence-electron chi connectivity index (χ4n) is 4.73. The summed E-state index contributed by atoms with van der Waals surface area (Å²) in [5.41, 5.74) is 1.48. The van der Waals surface area contributed by atoms with Gasteiger partial charge in [0.25, 0.3) is 11.5 Å². The monoisotopic (exact) mass is 471 g/mol. The third-order valence-electron chi connectivity index (χ3n) is 6.75. The van der Waals surface area contributed by atoms with Crippen molar-refractivity contribution in [3.8, 4) is 0 Å². The number of rotatable bonds is 6. The largest absolute Gasteiger partial charge is 0.381 e. The highest BCUT2D eigenvalue weighted by molar-refractivity contribution is 6.04. The van der Waals surface area contributed by atoms with Crippen LogP contribution in [0.1, 0.15) is 34.5 Å². The van der Waals surface area contributed by atoms with Gasteiger partial charge in [-0.25, -0.2) is 9.07 Å². The molecular weight excluding hydrogens is 445 g/mol. The lowest BCUT2D eigenvalue weighted by molar-refractivity contribution is 0.0486. The number of amides is 1. The summed E-state index contributed by atoms with van der Waals surface area (Å²) < 4.78 is 20.5. The van der Waals surface area contributed by atoms with Gasteiger partial charge in [0.05, 0.1) is 11.9 Å². The predicted molar refractivity (Wildman–Crippen MR) is 132 cm³/mol. The average Bonchev–Trinajstić information content (AvgIpc) is 2.90. The summed E-state index contributed by atoms with van der Waals surface area (Å²) in [6, 6.07) is 23.0. The Labute approximate surface area is 202 Å². The Morgan fingerprint density at radius 1 is 0.943 bits per heavy atom. The Balaban J connectivity index is 1.47. The lowest BCUT2D eigenvalue weighted by Gasteiger charge is -2.38. The number of benzene rings is 3. The van der Waals surface area contributed by atoms with Crippen LogP contribution >= 0.6 is 0 Å². The maximum atomic E-state index is 13.6. The molecule has 0 saturated carbocycles. The molecule has 1 aliphatic rings. The third-order valence-corrected chi connectivity index (χ3v) is 6.75. The standard InChI is InChI=1S/C28H26FN3O3/c29-22-12-10-21(11-13-22)28(14-16-35-17-15-28)19-30-26(33)25-23-8-4-5-9-24(23)27(34)32(31-25)18-20-6-2-1-3-7-20/h1-13H,14-19H2,(H,30,33). The van der Waals surface area contributed by atoms with Crippen molar-refractivity contribution in [1.82, 2.24) is 15.1 Å². The molecule has 178 valence electrons. The van der Waals surface area contributed by atoms with E-state index in [9.17, 15) is 14.0 Å². The van der Waals surface area contributed by atoms with E-state index < -0.39 is 0 Å². The molecule has 0 aliphatic carbocycles. The van der Waals surface area contributed by atoms with Gasteiger partial charge in [0.15, 0.2) is 5.69 Å². The Morgan fingerprint density at radius 2 is 1.60 bits per heavy atom. The molecule has 1 fully saturated rings. The zero-order valence-corrected chi connectivity index (χ0v) is 19.2. The number of ether oxygens (including phenoxy) is 1. The highest BCUT2D eigenvalue weighted by Crippen LogP contribution is 2.34. The summed E-state index contributed by atoms with van der Waals surface area (Å²) in [6.45, 7) is 1.75. The number of carbonyl (C=O) groups excluding carboxylic acids is 1. The van der Waals surface area contributed by atoms with Crippen LogP contribution < -0.4 is 10.9 Å². The van der Waals surface area contributed by atoms with Crippen molar-refractivity contribution in [1.29, 1.82) is 0 Å². The van der Waals surface area contributed by atoms with Gasteiger partial charge in [0, 0.05) is 30.6 Å². The lowest BCUT2D eigenvalue weighted by Crippen LogP contribution is -2.45. The smallest absolute Gasteiger partial charge is 0.274 e. The van der Waals surface area contributed by atoms with Crippen LogP contribution in [0.15, 0.2) is 83.7 Å². The Kier molecular flexibility index (Phi) is 6.42. The summed E-state index contributed by atoms with van der Waals surface area (Å²) in [6.07, 6.45) is 1.42. The first-order valence-corrected chi connectivity index (χ1v) is 11.7. The summed E-state index contributed by atoms with van der Waals surface area (Å²) >= 11 is 0. The molecule has 1 saturated heterocycles. The van der Waals surface area contributed by atoms with Gasteiger partial charge in [-0.15, -0.1) is 0 Å². The van der Waals surface area contributed by atoms with Crippen LogP contribution in [-0.4, -0.2) is 35.4 Å². The lowest BCUT2D eigenvalue weighted by atomic mass is 9.74. The maximum absolute atomic E-state index is 13.6. The molecule has 6 nitrogen and oxygen atoms in total. The number of carbonyl (C=O) groups is 1. The summed E-state index contributed by atoms with van der Waals surface area (Å²) in [7, 11) is 0. The van der Waals surface area contributed by atoms with Crippen LogP contribution in [0.25, 0.3) is 10.8 Å². The van der Waals surface area contributed by atoms with E-state index in [1.807, 2.05) is 30.3 Å². The molecule has 1 N–H and O–H groups in total. The van der Waals surface area contributed by atoms with E-state index in [2.05, 4.69) is 10.4 Å². The van der Waals surface area contributed by atoms with E-state index in [0.29, 0.717) is 43.4 Å².